The molecule has 36 heavy (non-hydrogen) atoms. The van der Waals surface area contributed by atoms with Crippen LogP contribution in [0.15, 0.2) is 74.7 Å². The molecule has 0 saturated carbocycles. The van der Waals surface area contributed by atoms with Crippen LogP contribution in [-0.4, -0.2) is 37.3 Å². The van der Waals surface area contributed by atoms with Gasteiger partial charge in [0.15, 0.2) is 5.97 Å². The number of hydrogen-bond donors (Lipinski definition) is 2. The van der Waals surface area contributed by atoms with Crippen molar-refractivity contribution in [1.82, 2.24) is 14.1 Å². The Balaban J connectivity index is 1.59. The van der Waals surface area contributed by atoms with E-state index in [0.717, 1.165) is 15.7 Å². The van der Waals surface area contributed by atoms with Crippen molar-refractivity contribution < 1.29 is 19.0 Å². The molecule has 0 spiro atoms. The number of nitrogens with one attached hydrogen (secondary N) is 1. The smallest absolute Gasteiger partial charge is 0.354 e. The van der Waals surface area contributed by atoms with Gasteiger partial charge in [0.1, 0.15) is 6.10 Å². The van der Waals surface area contributed by atoms with E-state index in [1.54, 1.807) is 18.2 Å². The molecule has 1 unspecified atom stereocenters. The number of aryl methyl sites for hydroxylation is 1. The van der Waals surface area contributed by atoms with E-state index in [-0.39, 0.29) is 31.9 Å². The second kappa shape index (κ2) is 11.0. The molecule has 2 N–H and O–H groups in total. The number of halogens is 1. The number of aromatic nitrogens is 3. The molecule has 188 valence electrons. The van der Waals surface area contributed by atoms with Crippen LogP contribution in [0.5, 0.6) is 0 Å². The molecule has 1 aromatic heterocycles. The minimum atomic E-state index is -1.12. The number of rotatable bonds is 9. The molecule has 0 amide bonds. The molecule has 0 radical (unpaired) electrons. The van der Waals surface area contributed by atoms with E-state index in [1.165, 1.54) is 10.8 Å². The van der Waals surface area contributed by atoms with Crippen molar-refractivity contribution in [3.05, 3.63) is 92.2 Å². The van der Waals surface area contributed by atoms with Crippen LogP contribution < -0.4 is 16.7 Å². The summed E-state index contributed by atoms with van der Waals surface area (Å²) in [5.41, 5.74) is 1.11. The third-order valence-corrected chi connectivity index (χ3v) is 5.73. The van der Waals surface area contributed by atoms with Gasteiger partial charge in [-0.25, -0.2) is 19.1 Å². The molecule has 1 atom stereocenters. The zero-order valence-electron chi connectivity index (χ0n) is 19.7. The molecule has 1 aliphatic heterocycles. The lowest BCUT2D eigenvalue weighted by atomic mass is 10.1. The predicted molar refractivity (Wildman–Crippen MR) is 131 cm³/mol. The van der Waals surface area contributed by atoms with Crippen molar-refractivity contribution >= 4 is 17.9 Å². The van der Waals surface area contributed by atoms with Gasteiger partial charge in [-0.3, -0.25) is 9.36 Å². The van der Waals surface area contributed by atoms with Gasteiger partial charge in [0.05, 0.1) is 25.1 Å². The Morgan fingerprint density at radius 3 is 2.64 bits per heavy atom. The third-order valence-electron chi connectivity index (χ3n) is 5.73. The number of carboxylic acid groups (broad SMARTS) is 1. The molecule has 4 rings (SSSR count). The highest BCUT2D eigenvalue weighted by Crippen LogP contribution is 2.23. The molecular weight excluding hydrogens is 469 g/mol. The van der Waals surface area contributed by atoms with E-state index in [1.807, 2.05) is 31.2 Å². The van der Waals surface area contributed by atoms with Gasteiger partial charge in [-0.15, -0.1) is 0 Å². The number of benzene rings is 1. The summed E-state index contributed by atoms with van der Waals surface area (Å²) in [7, 11) is 0. The maximum Gasteiger partial charge on any atom is 0.354 e. The van der Waals surface area contributed by atoms with Gasteiger partial charge in [-0.05, 0) is 37.1 Å². The van der Waals surface area contributed by atoms with Crippen molar-refractivity contribution in [3.63, 3.8) is 0 Å². The molecule has 2 aromatic rings. The number of carbonyl (C=O) groups is 1. The molecule has 10 nitrogen and oxygen atoms in total. The highest BCUT2D eigenvalue weighted by Gasteiger charge is 2.19. The maximum atomic E-state index is 13.4. The zero-order chi connectivity index (χ0) is 25.7. The Morgan fingerprint density at radius 2 is 1.97 bits per heavy atom. The lowest BCUT2D eigenvalue weighted by Crippen LogP contribution is -2.43. The van der Waals surface area contributed by atoms with Gasteiger partial charge in [-0.1, -0.05) is 29.8 Å². The van der Waals surface area contributed by atoms with Crippen LogP contribution in [0.3, 0.4) is 0 Å². The van der Waals surface area contributed by atoms with Gasteiger partial charge in [-0.2, -0.15) is 9.37 Å². The molecule has 2 aliphatic rings. The van der Waals surface area contributed by atoms with E-state index < -0.39 is 29.4 Å². The minimum Gasteiger partial charge on any atom is -0.490 e. The molecule has 0 saturated heterocycles. The second-order valence-electron chi connectivity index (χ2n) is 8.52. The Labute approximate surface area is 205 Å². The molecular formula is C25H26FN5O5. The molecule has 1 aliphatic carbocycles. The second-order valence-corrected chi connectivity index (χ2v) is 8.52. The number of allylic oxidation sites excluding steroid dienone is 4. The van der Waals surface area contributed by atoms with Crippen LogP contribution in [0.4, 0.5) is 10.3 Å². The number of hydrogen-bond acceptors (Lipinski definition) is 7. The normalized spacial score (nSPS) is 17.2. The Bertz CT molecular complexity index is 1390. The summed E-state index contributed by atoms with van der Waals surface area (Å²) in [6.07, 6.45) is 6.91. The first-order valence-electron chi connectivity index (χ1n) is 11.5. The summed E-state index contributed by atoms with van der Waals surface area (Å²) in [5.74, 6) is -0.856. The summed E-state index contributed by atoms with van der Waals surface area (Å²) >= 11 is 0. The van der Waals surface area contributed by atoms with Crippen LogP contribution >= 0.6 is 0 Å². The van der Waals surface area contributed by atoms with Crippen LogP contribution in [0.1, 0.15) is 36.8 Å². The maximum absolute atomic E-state index is 13.4. The Morgan fingerprint density at radius 1 is 1.19 bits per heavy atom. The summed E-state index contributed by atoms with van der Waals surface area (Å²) in [5, 5.41) is 12.1. The van der Waals surface area contributed by atoms with Crippen LogP contribution in [0, 0.1) is 6.92 Å². The van der Waals surface area contributed by atoms with E-state index in [9.17, 15) is 18.8 Å². The van der Waals surface area contributed by atoms with Gasteiger partial charge in [0.25, 0.3) is 0 Å². The van der Waals surface area contributed by atoms with Gasteiger partial charge < -0.3 is 15.2 Å². The van der Waals surface area contributed by atoms with Gasteiger partial charge in [0, 0.05) is 24.9 Å². The fourth-order valence-corrected chi connectivity index (χ4v) is 3.79. The quantitative estimate of drug-likeness (QED) is 0.548. The fourth-order valence-electron chi connectivity index (χ4n) is 3.79. The minimum absolute atomic E-state index is 0.0645. The first-order chi connectivity index (χ1) is 17.3. The lowest BCUT2D eigenvalue weighted by Gasteiger charge is -2.22. The van der Waals surface area contributed by atoms with Crippen molar-refractivity contribution in [2.24, 2.45) is 4.99 Å². The fraction of sp³-hybridized carbons (Fsp3) is 0.320. The van der Waals surface area contributed by atoms with E-state index >= 15 is 0 Å². The highest BCUT2D eigenvalue weighted by molar-refractivity contribution is 5.77. The van der Waals surface area contributed by atoms with Gasteiger partial charge in [0.2, 0.25) is 5.95 Å². The molecule has 11 heteroatoms. The van der Waals surface area contributed by atoms with Crippen LogP contribution in [0.2, 0.25) is 0 Å². The standard InChI is InChI=1S/C25H26FN5O5/c1-16-2-4-17(5-3-16)15-31-23(29-24(34)30(25(31)35)13-11-22(32)33)28-18-6-8-19(9-7-18)36-20-10-12-27-21(26)14-20/h2-6,8,10,12,20H,7,9,11,13-15H2,1H3,(H,32,33)(H,28,29,34). The number of nitrogens with zero attached hydrogens (tertiary/aromatic N) is 4. The first kappa shape index (κ1) is 24.8. The van der Waals surface area contributed by atoms with E-state index in [0.29, 0.717) is 24.3 Å². The SMILES string of the molecule is Cc1ccc(Cn2c(NC3=CC=C(OC4C=CN=C(F)C4)CC3)nc(=O)n(CCC(=O)O)c2=O)cc1. The van der Waals surface area contributed by atoms with Crippen molar-refractivity contribution in [2.75, 3.05) is 5.32 Å². The lowest BCUT2D eigenvalue weighted by molar-refractivity contribution is -0.137. The van der Waals surface area contributed by atoms with E-state index in [2.05, 4.69) is 15.3 Å². The molecule has 1 aromatic carbocycles. The average Bonchev–Trinajstić information content (AvgIpc) is 2.83. The Hall–Kier alpha value is -4.28. The number of ether oxygens (including phenoxy) is 1. The van der Waals surface area contributed by atoms with Crippen molar-refractivity contribution in [1.29, 1.82) is 0 Å². The monoisotopic (exact) mass is 495 g/mol. The first-order valence-corrected chi connectivity index (χ1v) is 11.5. The number of aliphatic carboxylic acids is 1. The van der Waals surface area contributed by atoms with Crippen molar-refractivity contribution in [2.45, 2.75) is 51.8 Å². The van der Waals surface area contributed by atoms with E-state index in [4.69, 9.17) is 9.84 Å². The topological polar surface area (TPSA) is 128 Å². The molecule has 2 heterocycles. The largest absolute Gasteiger partial charge is 0.490 e. The predicted octanol–water partition coefficient (Wildman–Crippen LogP) is 2.88. The summed E-state index contributed by atoms with van der Waals surface area (Å²) in [4.78, 5) is 44.4. The Kier molecular flexibility index (Phi) is 7.57. The molecule has 0 bridgehead atoms. The summed E-state index contributed by atoms with van der Waals surface area (Å²) < 4.78 is 21.3. The zero-order valence-corrected chi connectivity index (χ0v) is 19.7. The number of carboxylic acids is 1. The number of aliphatic imine (C=N–C) groups is 1. The average molecular weight is 496 g/mol. The summed E-state index contributed by atoms with van der Waals surface area (Å²) in [6.45, 7) is 1.81. The van der Waals surface area contributed by atoms with Gasteiger partial charge >= 0.3 is 17.3 Å². The number of anilines is 1. The third kappa shape index (κ3) is 6.23. The summed E-state index contributed by atoms with van der Waals surface area (Å²) in [6, 6.07) is 7.57. The van der Waals surface area contributed by atoms with Crippen molar-refractivity contribution in [3.8, 4) is 0 Å². The molecule has 0 fully saturated rings. The van der Waals surface area contributed by atoms with Crippen LogP contribution in [-0.2, 0) is 22.6 Å². The van der Waals surface area contributed by atoms with Crippen LogP contribution in [0.25, 0.3) is 0 Å². The highest BCUT2D eigenvalue weighted by atomic mass is 19.1.